The van der Waals surface area contributed by atoms with Crippen LogP contribution in [0.2, 0.25) is 0 Å². The van der Waals surface area contributed by atoms with Crippen LogP contribution in [-0.4, -0.2) is 43.1 Å². The van der Waals surface area contributed by atoms with E-state index in [1.807, 2.05) is 37.3 Å². The lowest BCUT2D eigenvalue weighted by Gasteiger charge is -2.36. The van der Waals surface area contributed by atoms with E-state index < -0.39 is 15.4 Å². The van der Waals surface area contributed by atoms with Crippen molar-refractivity contribution in [3.63, 3.8) is 0 Å². The van der Waals surface area contributed by atoms with Gasteiger partial charge in [0.2, 0.25) is 10.0 Å². The summed E-state index contributed by atoms with van der Waals surface area (Å²) in [7, 11) is -3.70. The number of benzene rings is 2. The maximum atomic E-state index is 13.6. The second-order valence-electron chi connectivity index (χ2n) is 7.85. The van der Waals surface area contributed by atoms with E-state index in [9.17, 15) is 13.5 Å². The summed E-state index contributed by atoms with van der Waals surface area (Å²) in [5.41, 5.74) is 0.703. The summed E-state index contributed by atoms with van der Waals surface area (Å²) < 4.78 is 34.5. The first-order valence-corrected chi connectivity index (χ1v) is 11.4. The number of aliphatic hydroxyl groups is 1. The van der Waals surface area contributed by atoms with Crippen molar-refractivity contribution < 1.29 is 18.3 Å². The van der Waals surface area contributed by atoms with Crippen molar-refractivity contribution in [2.24, 2.45) is 5.41 Å². The molecule has 0 spiro atoms. The Bertz CT molecular complexity index is 931. The molecule has 0 radical (unpaired) electrons. The van der Waals surface area contributed by atoms with E-state index in [-0.39, 0.29) is 23.6 Å². The maximum absolute atomic E-state index is 13.6. The third-order valence-electron chi connectivity index (χ3n) is 6.21. The van der Waals surface area contributed by atoms with Gasteiger partial charge >= 0.3 is 0 Å². The molecular formula is C22H27NO4S. The minimum Gasteiger partial charge on any atom is -0.492 e. The number of hydrogen-bond acceptors (Lipinski definition) is 4. The fourth-order valence-corrected chi connectivity index (χ4v) is 7.16. The highest BCUT2D eigenvalue weighted by molar-refractivity contribution is 7.89. The third kappa shape index (κ3) is 3.13. The molecule has 2 fully saturated rings. The molecule has 150 valence electrons. The van der Waals surface area contributed by atoms with Gasteiger partial charge in [0.05, 0.1) is 13.2 Å². The molecule has 2 saturated heterocycles. The Morgan fingerprint density at radius 2 is 1.82 bits per heavy atom. The molecule has 5 nitrogen and oxygen atoms in total. The van der Waals surface area contributed by atoms with Gasteiger partial charge in [0.1, 0.15) is 10.6 Å². The van der Waals surface area contributed by atoms with Gasteiger partial charge in [-0.15, -0.1) is 0 Å². The van der Waals surface area contributed by atoms with E-state index in [2.05, 4.69) is 0 Å². The Morgan fingerprint density at radius 1 is 1.11 bits per heavy atom. The number of hydrogen-bond donors (Lipinski definition) is 1. The highest BCUT2D eigenvalue weighted by atomic mass is 32.2. The van der Waals surface area contributed by atoms with Gasteiger partial charge in [0.25, 0.3) is 0 Å². The molecule has 2 bridgehead atoms. The predicted molar refractivity (Wildman–Crippen MR) is 108 cm³/mol. The van der Waals surface area contributed by atoms with Gasteiger partial charge in [-0.2, -0.15) is 4.31 Å². The molecule has 2 aromatic rings. The standard InChI is InChI=1S/C22H27NO4S/c1-2-27-19-10-6-7-11-20(19)28(25,26)23-18-12-13-21(23)22(15-18,16-24)14-17-8-4-3-5-9-17/h3-11,18,21,24H,2,12-16H2,1H3/t18-,21+,22-/m0/s1. The largest absolute Gasteiger partial charge is 0.492 e. The molecule has 0 amide bonds. The Labute approximate surface area is 167 Å². The normalized spacial score (nSPS) is 27.2. The topological polar surface area (TPSA) is 66.8 Å². The first-order chi connectivity index (χ1) is 13.5. The van der Waals surface area contributed by atoms with Crippen molar-refractivity contribution in [2.75, 3.05) is 13.2 Å². The first-order valence-electron chi connectivity index (χ1n) is 9.92. The quantitative estimate of drug-likeness (QED) is 0.774. The summed E-state index contributed by atoms with van der Waals surface area (Å²) in [6.07, 6.45) is 3.01. The number of fused-ring (bicyclic) bond motifs is 2. The van der Waals surface area contributed by atoms with Crippen LogP contribution in [0, 0.1) is 5.41 Å². The molecule has 0 aromatic heterocycles. The van der Waals surface area contributed by atoms with E-state index >= 15 is 0 Å². The minimum absolute atomic E-state index is 0.0117. The smallest absolute Gasteiger partial charge is 0.247 e. The summed E-state index contributed by atoms with van der Waals surface area (Å²) >= 11 is 0. The summed E-state index contributed by atoms with van der Waals surface area (Å²) in [6, 6.07) is 16.6. The molecule has 2 heterocycles. The predicted octanol–water partition coefficient (Wildman–Crippen LogP) is 3.23. The fraction of sp³-hybridized carbons (Fsp3) is 0.455. The molecule has 2 aliphatic heterocycles. The molecule has 0 unspecified atom stereocenters. The summed E-state index contributed by atoms with van der Waals surface area (Å²) in [5, 5.41) is 10.3. The number of ether oxygens (including phenoxy) is 1. The van der Waals surface area contributed by atoms with E-state index in [1.54, 1.807) is 28.6 Å². The lowest BCUT2D eigenvalue weighted by molar-refractivity contribution is 0.0888. The van der Waals surface area contributed by atoms with Gasteiger partial charge in [-0.1, -0.05) is 42.5 Å². The summed E-state index contributed by atoms with van der Waals surface area (Å²) in [5.74, 6) is 0.397. The molecule has 2 aliphatic rings. The van der Waals surface area contributed by atoms with Crippen molar-refractivity contribution >= 4 is 10.0 Å². The molecule has 3 atom stereocenters. The number of sulfonamides is 1. The molecule has 6 heteroatoms. The van der Waals surface area contributed by atoms with Gasteiger partial charge < -0.3 is 9.84 Å². The molecule has 4 rings (SSSR count). The van der Waals surface area contributed by atoms with Crippen molar-refractivity contribution in [1.82, 2.24) is 4.31 Å². The van der Waals surface area contributed by atoms with Crippen molar-refractivity contribution in [3.05, 3.63) is 60.2 Å². The zero-order chi connectivity index (χ0) is 19.8. The van der Waals surface area contributed by atoms with Gasteiger partial charge in [-0.3, -0.25) is 0 Å². The van der Waals surface area contributed by atoms with Crippen LogP contribution in [0.4, 0.5) is 0 Å². The van der Waals surface area contributed by atoms with Crippen LogP contribution < -0.4 is 4.74 Å². The number of rotatable bonds is 7. The molecular weight excluding hydrogens is 374 g/mol. The molecule has 0 aliphatic carbocycles. The summed E-state index contributed by atoms with van der Waals surface area (Å²) in [4.78, 5) is 0.224. The van der Waals surface area contributed by atoms with Crippen LogP contribution >= 0.6 is 0 Å². The van der Waals surface area contributed by atoms with Crippen molar-refractivity contribution in [3.8, 4) is 5.75 Å². The third-order valence-corrected chi connectivity index (χ3v) is 8.21. The number of para-hydroxylation sites is 1. The van der Waals surface area contributed by atoms with Gasteiger partial charge in [0.15, 0.2) is 0 Å². The second-order valence-corrected chi connectivity index (χ2v) is 9.66. The first kappa shape index (κ1) is 19.4. The van der Waals surface area contributed by atoms with Crippen molar-refractivity contribution in [1.29, 1.82) is 0 Å². The van der Waals surface area contributed by atoms with Crippen molar-refractivity contribution in [2.45, 2.75) is 49.6 Å². The zero-order valence-corrected chi connectivity index (χ0v) is 16.9. The van der Waals surface area contributed by atoms with Crippen LogP contribution in [0.1, 0.15) is 31.7 Å². The van der Waals surface area contributed by atoms with Gasteiger partial charge in [-0.25, -0.2) is 8.42 Å². The zero-order valence-electron chi connectivity index (χ0n) is 16.1. The summed E-state index contributed by atoms with van der Waals surface area (Å²) in [6.45, 7) is 2.25. The number of nitrogens with zero attached hydrogens (tertiary/aromatic N) is 1. The van der Waals surface area contributed by atoms with E-state index in [1.165, 1.54) is 0 Å². The van der Waals surface area contributed by atoms with Crippen LogP contribution in [0.3, 0.4) is 0 Å². The highest BCUT2D eigenvalue weighted by Gasteiger charge is 2.59. The molecule has 28 heavy (non-hydrogen) atoms. The molecule has 0 saturated carbocycles. The van der Waals surface area contributed by atoms with Crippen LogP contribution in [0.25, 0.3) is 0 Å². The highest BCUT2D eigenvalue weighted by Crippen LogP contribution is 2.53. The SMILES string of the molecule is CCOc1ccccc1S(=O)(=O)N1[C@H]2CC[C@@H]1[C@@](CO)(Cc1ccccc1)C2. The fourth-order valence-electron chi connectivity index (χ4n) is 5.07. The minimum atomic E-state index is -3.70. The molecule has 1 N–H and O–H groups in total. The van der Waals surface area contributed by atoms with E-state index in [0.29, 0.717) is 25.2 Å². The van der Waals surface area contributed by atoms with E-state index in [0.717, 1.165) is 18.4 Å². The number of aliphatic hydroxyl groups excluding tert-OH is 1. The average Bonchev–Trinajstić information content (AvgIpc) is 3.26. The van der Waals surface area contributed by atoms with Crippen LogP contribution in [-0.2, 0) is 16.4 Å². The maximum Gasteiger partial charge on any atom is 0.247 e. The van der Waals surface area contributed by atoms with Crippen LogP contribution in [0.5, 0.6) is 5.75 Å². The monoisotopic (exact) mass is 401 g/mol. The van der Waals surface area contributed by atoms with Gasteiger partial charge in [-0.05, 0) is 50.3 Å². The Kier molecular flexibility index (Phi) is 5.21. The van der Waals surface area contributed by atoms with Gasteiger partial charge in [0, 0.05) is 17.5 Å². The lowest BCUT2D eigenvalue weighted by atomic mass is 9.70. The average molecular weight is 402 g/mol. The Hall–Kier alpha value is -1.89. The second kappa shape index (κ2) is 7.50. The Balaban J connectivity index is 1.70. The van der Waals surface area contributed by atoms with E-state index in [4.69, 9.17) is 4.74 Å². The lowest BCUT2D eigenvalue weighted by Crippen LogP contribution is -2.43. The van der Waals surface area contributed by atoms with Crippen LogP contribution in [0.15, 0.2) is 59.5 Å². The molecule has 2 aromatic carbocycles. The Morgan fingerprint density at radius 3 is 2.54 bits per heavy atom.